The number of para-hydroxylation sites is 1. The van der Waals surface area contributed by atoms with Crippen LogP contribution in [0.1, 0.15) is 15.9 Å². The number of thioether (sulfide) groups is 1. The number of carboxylic acids is 1. The summed E-state index contributed by atoms with van der Waals surface area (Å²) in [6.45, 7) is 1.98. The zero-order valence-corrected chi connectivity index (χ0v) is 14.0. The van der Waals surface area contributed by atoms with Crippen molar-refractivity contribution in [3.63, 3.8) is 0 Å². The number of aliphatic imine (C=N–C) groups is 1. The van der Waals surface area contributed by atoms with Gasteiger partial charge in [0.05, 0.1) is 16.9 Å². The van der Waals surface area contributed by atoms with Crippen LogP contribution >= 0.6 is 11.8 Å². The third-order valence-electron chi connectivity index (χ3n) is 3.17. The number of carbonyl (C=O) groups is 1. The number of nitrogens with zero attached hydrogens (tertiary/aromatic N) is 2. The standard InChI is InChI=1S/C17H16N4O2S/c1-11-6-8-12(9-7-11)20-15-13(16(22)23)4-3-5-14(15)21-17(24-2)19-10-18/h3-9,20H,1-2H3,(H,19,21)(H,22,23). The zero-order chi connectivity index (χ0) is 17.5. The van der Waals surface area contributed by atoms with Crippen molar-refractivity contribution >= 4 is 40.0 Å². The summed E-state index contributed by atoms with van der Waals surface area (Å²) < 4.78 is 0. The molecule has 0 aliphatic heterocycles. The van der Waals surface area contributed by atoms with E-state index in [0.717, 1.165) is 11.3 Å². The second kappa shape index (κ2) is 8.04. The van der Waals surface area contributed by atoms with Crippen molar-refractivity contribution in [2.75, 3.05) is 11.6 Å². The Bertz CT molecular complexity index is 810. The molecule has 24 heavy (non-hydrogen) atoms. The van der Waals surface area contributed by atoms with Gasteiger partial charge >= 0.3 is 5.97 Å². The largest absolute Gasteiger partial charge is 0.478 e. The third-order valence-corrected chi connectivity index (χ3v) is 3.75. The molecule has 7 heteroatoms. The minimum Gasteiger partial charge on any atom is -0.478 e. The first-order valence-corrected chi connectivity index (χ1v) is 8.25. The molecule has 0 unspecified atom stereocenters. The molecule has 0 bridgehead atoms. The predicted molar refractivity (Wildman–Crippen MR) is 97.2 cm³/mol. The number of aryl methyl sites for hydroxylation is 1. The van der Waals surface area contributed by atoms with Crippen molar-refractivity contribution in [3.8, 4) is 6.19 Å². The molecule has 0 heterocycles. The molecule has 0 saturated carbocycles. The van der Waals surface area contributed by atoms with E-state index in [1.54, 1.807) is 18.4 Å². The van der Waals surface area contributed by atoms with Gasteiger partial charge < -0.3 is 10.4 Å². The van der Waals surface area contributed by atoms with Crippen LogP contribution in [-0.4, -0.2) is 22.5 Å². The maximum atomic E-state index is 11.5. The summed E-state index contributed by atoms with van der Waals surface area (Å²) in [4.78, 5) is 15.9. The summed E-state index contributed by atoms with van der Waals surface area (Å²) in [5, 5.41) is 24.2. The van der Waals surface area contributed by atoms with Crippen molar-refractivity contribution in [3.05, 3.63) is 53.6 Å². The lowest BCUT2D eigenvalue weighted by molar-refractivity contribution is 0.0698. The average molecular weight is 340 g/mol. The summed E-state index contributed by atoms with van der Waals surface area (Å²) in [5.41, 5.74) is 2.77. The van der Waals surface area contributed by atoms with E-state index < -0.39 is 5.97 Å². The van der Waals surface area contributed by atoms with Gasteiger partial charge in [0.2, 0.25) is 0 Å². The minimum absolute atomic E-state index is 0.106. The number of hydrogen-bond donors (Lipinski definition) is 3. The molecule has 2 aromatic rings. The van der Waals surface area contributed by atoms with Gasteiger partial charge in [-0.25, -0.2) is 9.79 Å². The summed E-state index contributed by atoms with van der Waals surface area (Å²) in [6, 6.07) is 12.4. The van der Waals surface area contributed by atoms with Gasteiger partial charge in [0.1, 0.15) is 0 Å². The molecule has 0 aliphatic carbocycles. The number of hydrogen-bond acceptors (Lipinski definition) is 5. The lowest BCUT2D eigenvalue weighted by Crippen LogP contribution is -2.13. The minimum atomic E-state index is -1.05. The maximum Gasteiger partial charge on any atom is 0.337 e. The fraction of sp³-hybridized carbons (Fsp3) is 0.118. The van der Waals surface area contributed by atoms with E-state index in [9.17, 15) is 9.90 Å². The highest BCUT2D eigenvalue weighted by molar-refractivity contribution is 8.13. The van der Waals surface area contributed by atoms with Gasteiger partial charge in [-0.3, -0.25) is 5.32 Å². The normalized spacial score (nSPS) is 10.8. The molecule has 0 radical (unpaired) electrons. The van der Waals surface area contributed by atoms with Crippen molar-refractivity contribution in [1.82, 2.24) is 5.32 Å². The van der Waals surface area contributed by atoms with Gasteiger partial charge in [0.25, 0.3) is 0 Å². The van der Waals surface area contributed by atoms with Crippen LogP contribution in [0.3, 0.4) is 0 Å². The Hall–Kier alpha value is -2.98. The molecule has 6 nitrogen and oxygen atoms in total. The van der Waals surface area contributed by atoms with Gasteiger partial charge in [0, 0.05) is 5.69 Å². The van der Waals surface area contributed by atoms with Crippen LogP contribution in [0.4, 0.5) is 17.1 Å². The molecular formula is C17H16N4O2S. The summed E-state index contributed by atoms with van der Waals surface area (Å²) >= 11 is 1.26. The quantitative estimate of drug-likeness (QED) is 0.338. The molecule has 122 valence electrons. The van der Waals surface area contributed by atoms with Gasteiger partial charge in [0.15, 0.2) is 11.4 Å². The fourth-order valence-electron chi connectivity index (χ4n) is 2.01. The molecule has 2 rings (SSSR count). The van der Waals surface area contributed by atoms with E-state index in [1.807, 2.05) is 37.4 Å². The number of anilines is 2. The molecular weight excluding hydrogens is 324 g/mol. The van der Waals surface area contributed by atoms with E-state index >= 15 is 0 Å². The summed E-state index contributed by atoms with van der Waals surface area (Å²) in [7, 11) is 0. The second-order valence-corrected chi connectivity index (χ2v) is 5.65. The Morgan fingerprint density at radius 1 is 1.25 bits per heavy atom. The monoisotopic (exact) mass is 340 g/mol. The first-order chi connectivity index (χ1) is 11.5. The average Bonchev–Trinajstić information content (AvgIpc) is 2.57. The number of rotatable bonds is 4. The number of carboxylic acid groups (broad SMARTS) is 1. The third kappa shape index (κ3) is 4.27. The molecule has 2 aromatic carbocycles. The Kier molecular flexibility index (Phi) is 5.82. The van der Waals surface area contributed by atoms with Crippen molar-refractivity contribution < 1.29 is 9.90 Å². The van der Waals surface area contributed by atoms with Crippen LogP contribution in [0, 0.1) is 18.4 Å². The van der Waals surface area contributed by atoms with Crippen molar-refractivity contribution in [1.29, 1.82) is 5.26 Å². The van der Waals surface area contributed by atoms with Gasteiger partial charge in [-0.15, -0.1) is 0 Å². The number of nitriles is 1. The van der Waals surface area contributed by atoms with E-state index in [-0.39, 0.29) is 5.56 Å². The number of aromatic carboxylic acids is 1. The molecule has 0 fully saturated rings. The second-order valence-electron chi connectivity index (χ2n) is 4.85. The van der Waals surface area contributed by atoms with Crippen LogP contribution in [0.15, 0.2) is 47.5 Å². The Balaban J connectivity index is 2.51. The molecule has 0 spiro atoms. The first kappa shape index (κ1) is 17.4. The zero-order valence-electron chi connectivity index (χ0n) is 13.2. The lowest BCUT2D eigenvalue weighted by Gasteiger charge is -2.13. The number of amidine groups is 1. The SMILES string of the molecule is CSC(=Nc1cccc(C(=O)O)c1Nc1ccc(C)cc1)NC#N. The molecule has 0 aliphatic rings. The van der Waals surface area contributed by atoms with E-state index in [1.165, 1.54) is 17.8 Å². The predicted octanol–water partition coefficient (Wildman–Crippen LogP) is 3.86. The maximum absolute atomic E-state index is 11.5. The number of nitrogens with one attached hydrogen (secondary N) is 2. The van der Waals surface area contributed by atoms with Gasteiger partial charge in [-0.05, 0) is 37.4 Å². The van der Waals surface area contributed by atoms with E-state index in [0.29, 0.717) is 16.5 Å². The van der Waals surface area contributed by atoms with Gasteiger partial charge in [-0.2, -0.15) is 5.26 Å². The highest BCUT2D eigenvalue weighted by atomic mass is 32.2. The topological polar surface area (TPSA) is 97.5 Å². The molecule has 0 saturated heterocycles. The first-order valence-electron chi connectivity index (χ1n) is 7.03. The smallest absolute Gasteiger partial charge is 0.337 e. The van der Waals surface area contributed by atoms with Gasteiger partial charge in [-0.1, -0.05) is 35.5 Å². The van der Waals surface area contributed by atoms with E-state index in [4.69, 9.17) is 5.26 Å². The Labute approximate surface area is 144 Å². The van der Waals surface area contributed by atoms with Crippen molar-refractivity contribution in [2.24, 2.45) is 4.99 Å². The summed E-state index contributed by atoms with van der Waals surface area (Å²) in [6.07, 6.45) is 3.59. The van der Waals surface area contributed by atoms with Crippen LogP contribution in [0.25, 0.3) is 0 Å². The number of benzene rings is 2. The highest BCUT2D eigenvalue weighted by Crippen LogP contribution is 2.32. The van der Waals surface area contributed by atoms with Crippen LogP contribution < -0.4 is 10.6 Å². The lowest BCUT2D eigenvalue weighted by atomic mass is 10.1. The fourth-order valence-corrected chi connectivity index (χ4v) is 2.34. The molecule has 0 aromatic heterocycles. The van der Waals surface area contributed by atoms with Crippen LogP contribution in [0.2, 0.25) is 0 Å². The molecule has 3 N–H and O–H groups in total. The van der Waals surface area contributed by atoms with E-state index in [2.05, 4.69) is 15.6 Å². The van der Waals surface area contributed by atoms with Crippen LogP contribution in [0.5, 0.6) is 0 Å². The summed E-state index contributed by atoms with van der Waals surface area (Å²) in [5.74, 6) is -1.05. The van der Waals surface area contributed by atoms with Crippen molar-refractivity contribution in [2.45, 2.75) is 6.92 Å². The highest BCUT2D eigenvalue weighted by Gasteiger charge is 2.15. The molecule has 0 atom stereocenters. The Morgan fingerprint density at radius 2 is 1.96 bits per heavy atom. The Morgan fingerprint density at radius 3 is 2.54 bits per heavy atom. The molecule has 0 amide bonds. The van der Waals surface area contributed by atoms with Crippen LogP contribution in [-0.2, 0) is 0 Å².